The molecule has 20 heavy (non-hydrogen) atoms. The van der Waals surface area contributed by atoms with Crippen LogP contribution >= 0.6 is 23.2 Å². The summed E-state index contributed by atoms with van der Waals surface area (Å²) >= 11 is 11.8. The number of rotatable bonds is 3. The van der Waals surface area contributed by atoms with Gasteiger partial charge in [0, 0.05) is 6.20 Å². The van der Waals surface area contributed by atoms with Crippen molar-refractivity contribution in [2.45, 2.75) is 19.9 Å². The fourth-order valence-corrected chi connectivity index (χ4v) is 1.95. The van der Waals surface area contributed by atoms with Gasteiger partial charge in [0.15, 0.2) is 0 Å². The van der Waals surface area contributed by atoms with E-state index in [1.54, 1.807) is 18.3 Å². The Morgan fingerprint density at radius 2 is 1.95 bits per heavy atom. The monoisotopic (exact) mass is 309 g/mol. The lowest BCUT2D eigenvalue weighted by Crippen LogP contribution is -2.27. The molecule has 0 radical (unpaired) electrons. The lowest BCUT2D eigenvalue weighted by atomic mass is 10.1. The van der Waals surface area contributed by atoms with Crippen LogP contribution in [0.25, 0.3) is 0 Å². The highest BCUT2D eigenvalue weighted by Gasteiger charge is 2.13. The Bertz CT molecular complexity index is 629. The van der Waals surface area contributed by atoms with Crippen LogP contribution in [0.15, 0.2) is 30.6 Å². The van der Waals surface area contributed by atoms with Crippen molar-refractivity contribution in [2.24, 2.45) is 0 Å². The van der Waals surface area contributed by atoms with Crippen molar-refractivity contribution in [1.29, 1.82) is 0 Å². The molecular weight excluding hydrogens is 297 g/mol. The number of benzene rings is 1. The molecule has 0 aliphatic heterocycles. The van der Waals surface area contributed by atoms with Gasteiger partial charge in [0.1, 0.15) is 5.69 Å². The van der Waals surface area contributed by atoms with Crippen LogP contribution in [0.2, 0.25) is 10.0 Å². The highest BCUT2D eigenvalue weighted by atomic mass is 35.5. The van der Waals surface area contributed by atoms with Gasteiger partial charge in [-0.05, 0) is 31.5 Å². The quantitative estimate of drug-likeness (QED) is 0.942. The third-order valence-corrected chi connectivity index (χ3v) is 3.54. The van der Waals surface area contributed by atoms with E-state index in [9.17, 15) is 4.79 Å². The standard InChI is InChI=1S/C14H13Cl2N3O/c1-8-6-18-13(7-17-8)14(20)19-9(2)10-3-4-11(15)12(16)5-10/h3-7,9H,1-2H3,(H,19,20)/t9-/m1/s1. The molecule has 1 aromatic heterocycles. The second-order valence-electron chi connectivity index (χ2n) is 4.41. The molecule has 0 aliphatic carbocycles. The lowest BCUT2D eigenvalue weighted by molar-refractivity contribution is 0.0934. The largest absolute Gasteiger partial charge is 0.344 e. The molecule has 0 unspecified atom stereocenters. The fraction of sp³-hybridized carbons (Fsp3) is 0.214. The smallest absolute Gasteiger partial charge is 0.271 e. The highest BCUT2D eigenvalue weighted by molar-refractivity contribution is 6.42. The van der Waals surface area contributed by atoms with Crippen LogP contribution in [0.3, 0.4) is 0 Å². The Hall–Kier alpha value is -1.65. The van der Waals surface area contributed by atoms with Crippen LogP contribution in [0.1, 0.15) is 34.7 Å². The number of nitrogens with one attached hydrogen (secondary N) is 1. The van der Waals surface area contributed by atoms with Crippen LogP contribution in [-0.4, -0.2) is 15.9 Å². The molecule has 2 rings (SSSR count). The average molecular weight is 310 g/mol. The third-order valence-electron chi connectivity index (χ3n) is 2.80. The predicted octanol–water partition coefficient (Wildman–Crippen LogP) is 3.58. The van der Waals surface area contributed by atoms with E-state index in [0.717, 1.165) is 11.3 Å². The Kier molecular flexibility index (Phi) is 4.57. The Balaban J connectivity index is 2.10. The van der Waals surface area contributed by atoms with Crippen molar-refractivity contribution in [2.75, 3.05) is 0 Å². The maximum Gasteiger partial charge on any atom is 0.271 e. The van der Waals surface area contributed by atoms with Gasteiger partial charge < -0.3 is 5.32 Å². The van der Waals surface area contributed by atoms with Crippen LogP contribution in [0.4, 0.5) is 0 Å². The first-order valence-corrected chi connectivity index (χ1v) is 6.77. The van der Waals surface area contributed by atoms with E-state index in [-0.39, 0.29) is 17.6 Å². The number of hydrogen-bond acceptors (Lipinski definition) is 3. The molecule has 1 N–H and O–H groups in total. The topological polar surface area (TPSA) is 54.9 Å². The van der Waals surface area contributed by atoms with Crippen LogP contribution in [0, 0.1) is 6.92 Å². The molecule has 0 saturated heterocycles. The van der Waals surface area contributed by atoms with Crippen LogP contribution < -0.4 is 5.32 Å². The third kappa shape index (κ3) is 3.46. The van der Waals surface area contributed by atoms with Gasteiger partial charge in [-0.3, -0.25) is 9.78 Å². The Morgan fingerprint density at radius 1 is 1.20 bits per heavy atom. The predicted molar refractivity (Wildman–Crippen MR) is 79.1 cm³/mol. The molecule has 6 heteroatoms. The first-order valence-electron chi connectivity index (χ1n) is 6.02. The zero-order valence-electron chi connectivity index (χ0n) is 11.0. The fourth-order valence-electron chi connectivity index (χ4n) is 1.65. The molecular formula is C14H13Cl2N3O. The molecule has 104 valence electrons. The number of carbonyl (C=O) groups excluding carboxylic acids is 1. The van der Waals surface area contributed by atoms with E-state index >= 15 is 0 Å². The first-order chi connectivity index (χ1) is 9.47. The van der Waals surface area contributed by atoms with Gasteiger partial charge in [-0.1, -0.05) is 29.3 Å². The molecule has 0 aliphatic rings. The SMILES string of the molecule is Cc1cnc(C(=O)N[C@H](C)c2ccc(Cl)c(Cl)c2)cn1. The van der Waals surface area contributed by atoms with Gasteiger partial charge >= 0.3 is 0 Å². The van der Waals surface area contributed by atoms with Crippen molar-refractivity contribution in [1.82, 2.24) is 15.3 Å². The number of aryl methyl sites for hydroxylation is 1. The number of halogens is 2. The van der Waals surface area contributed by atoms with E-state index in [1.165, 1.54) is 6.20 Å². The van der Waals surface area contributed by atoms with E-state index in [2.05, 4.69) is 15.3 Å². The van der Waals surface area contributed by atoms with Crippen molar-refractivity contribution >= 4 is 29.1 Å². The first kappa shape index (κ1) is 14.8. The van der Waals surface area contributed by atoms with Crippen molar-refractivity contribution in [3.8, 4) is 0 Å². The summed E-state index contributed by atoms with van der Waals surface area (Å²) in [6.07, 6.45) is 3.00. The molecule has 0 fully saturated rings. The zero-order valence-corrected chi connectivity index (χ0v) is 12.5. The average Bonchev–Trinajstić information content (AvgIpc) is 2.42. The molecule has 0 bridgehead atoms. The minimum absolute atomic E-state index is 0.208. The van der Waals surface area contributed by atoms with Gasteiger partial charge in [0.05, 0.1) is 28.0 Å². The summed E-state index contributed by atoms with van der Waals surface area (Å²) < 4.78 is 0. The second kappa shape index (κ2) is 6.20. The molecule has 0 saturated carbocycles. The summed E-state index contributed by atoms with van der Waals surface area (Å²) in [6.45, 7) is 3.67. The Labute approximate surface area is 127 Å². The van der Waals surface area contributed by atoms with Crippen LogP contribution in [-0.2, 0) is 0 Å². The molecule has 1 aromatic carbocycles. The Morgan fingerprint density at radius 3 is 2.55 bits per heavy atom. The number of carbonyl (C=O) groups is 1. The summed E-state index contributed by atoms with van der Waals surface area (Å²) in [7, 11) is 0. The van der Waals surface area contributed by atoms with Crippen molar-refractivity contribution in [3.63, 3.8) is 0 Å². The van der Waals surface area contributed by atoms with E-state index in [0.29, 0.717) is 10.0 Å². The zero-order chi connectivity index (χ0) is 14.7. The van der Waals surface area contributed by atoms with Gasteiger partial charge in [-0.15, -0.1) is 0 Å². The van der Waals surface area contributed by atoms with E-state index in [4.69, 9.17) is 23.2 Å². The van der Waals surface area contributed by atoms with E-state index < -0.39 is 0 Å². The summed E-state index contributed by atoms with van der Waals surface area (Å²) in [5.74, 6) is -0.281. The van der Waals surface area contributed by atoms with E-state index in [1.807, 2.05) is 19.9 Å². The minimum Gasteiger partial charge on any atom is -0.344 e. The molecule has 2 aromatic rings. The number of nitrogens with zero attached hydrogens (tertiary/aromatic N) is 2. The number of aromatic nitrogens is 2. The molecule has 1 atom stereocenters. The maximum absolute atomic E-state index is 12.0. The number of hydrogen-bond donors (Lipinski definition) is 1. The van der Waals surface area contributed by atoms with Crippen molar-refractivity contribution in [3.05, 3.63) is 57.6 Å². The maximum atomic E-state index is 12.0. The van der Waals surface area contributed by atoms with Crippen molar-refractivity contribution < 1.29 is 4.79 Å². The normalized spacial score (nSPS) is 12.0. The summed E-state index contributed by atoms with van der Waals surface area (Å²) in [5.41, 5.74) is 1.91. The van der Waals surface area contributed by atoms with Crippen LogP contribution in [0.5, 0.6) is 0 Å². The second-order valence-corrected chi connectivity index (χ2v) is 5.23. The summed E-state index contributed by atoms with van der Waals surface area (Å²) in [6, 6.07) is 5.05. The highest BCUT2D eigenvalue weighted by Crippen LogP contribution is 2.25. The molecule has 1 amide bonds. The van der Waals surface area contributed by atoms with Gasteiger partial charge in [0.25, 0.3) is 5.91 Å². The number of amides is 1. The minimum atomic E-state index is -0.281. The lowest BCUT2D eigenvalue weighted by Gasteiger charge is -2.14. The summed E-state index contributed by atoms with van der Waals surface area (Å²) in [4.78, 5) is 20.1. The van der Waals surface area contributed by atoms with Gasteiger partial charge in [0.2, 0.25) is 0 Å². The summed E-state index contributed by atoms with van der Waals surface area (Å²) in [5, 5.41) is 3.78. The molecule has 0 spiro atoms. The van der Waals surface area contributed by atoms with Gasteiger partial charge in [-0.2, -0.15) is 0 Å². The molecule has 4 nitrogen and oxygen atoms in total. The van der Waals surface area contributed by atoms with Gasteiger partial charge in [-0.25, -0.2) is 4.98 Å². The molecule has 1 heterocycles.